The average molecular weight is 230 g/mol. The lowest BCUT2D eigenvalue weighted by molar-refractivity contribution is 0.217. The number of hydrogen-bond acceptors (Lipinski definition) is 3. The summed E-state index contributed by atoms with van der Waals surface area (Å²) in [7, 11) is 3.39. The van der Waals surface area contributed by atoms with E-state index < -0.39 is 0 Å². The van der Waals surface area contributed by atoms with Crippen molar-refractivity contribution in [3.8, 4) is 0 Å². The van der Waals surface area contributed by atoms with Gasteiger partial charge in [-0.2, -0.15) is 0 Å². The Labute approximate surface area is 99.5 Å². The van der Waals surface area contributed by atoms with Crippen molar-refractivity contribution in [3.63, 3.8) is 0 Å². The number of carbonyl (C=O) groups is 1. The van der Waals surface area contributed by atoms with E-state index in [4.69, 9.17) is 0 Å². The van der Waals surface area contributed by atoms with Crippen molar-refractivity contribution in [2.24, 2.45) is 0 Å². The highest BCUT2D eigenvalue weighted by atomic mass is 16.2. The molecule has 0 aliphatic rings. The van der Waals surface area contributed by atoms with Gasteiger partial charge in [0.05, 0.1) is 29.5 Å². The largest absolute Gasteiger partial charge is 0.332 e. The molecule has 2 aromatic rings. The van der Waals surface area contributed by atoms with Crippen molar-refractivity contribution >= 4 is 17.1 Å². The van der Waals surface area contributed by atoms with Crippen LogP contribution in [0.5, 0.6) is 0 Å². The molecule has 1 N–H and O–H groups in total. The average Bonchev–Trinajstić information content (AvgIpc) is 2.35. The topological polar surface area (TPSA) is 58.1 Å². The Morgan fingerprint density at radius 1 is 1.29 bits per heavy atom. The van der Waals surface area contributed by atoms with Crippen LogP contribution in [0.3, 0.4) is 0 Å². The molecule has 0 radical (unpaired) electrons. The van der Waals surface area contributed by atoms with E-state index in [1.165, 1.54) is 4.90 Å². The number of hydrogen-bond donors (Lipinski definition) is 1. The van der Waals surface area contributed by atoms with Crippen LogP contribution < -0.4 is 5.32 Å². The van der Waals surface area contributed by atoms with Gasteiger partial charge in [-0.3, -0.25) is 4.98 Å². The molecule has 0 saturated carbocycles. The zero-order valence-electron chi connectivity index (χ0n) is 9.84. The molecule has 0 unspecified atom stereocenters. The van der Waals surface area contributed by atoms with Crippen LogP contribution in [0.4, 0.5) is 4.79 Å². The molecular weight excluding hydrogens is 216 g/mol. The quantitative estimate of drug-likeness (QED) is 0.848. The molecule has 1 aromatic carbocycles. The number of aromatic nitrogens is 2. The van der Waals surface area contributed by atoms with Crippen LogP contribution in [0.1, 0.15) is 5.69 Å². The number of amides is 2. The van der Waals surface area contributed by atoms with Gasteiger partial charge in [0.1, 0.15) is 0 Å². The normalized spacial score (nSPS) is 10.2. The minimum Gasteiger partial charge on any atom is -0.332 e. The second kappa shape index (κ2) is 4.78. The van der Waals surface area contributed by atoms with E-state index in [1.807, 2.05) is 24.3 Å². The van der Waals surface area contributed by atoms with E-state index in [0.29, 0.717) is 6.54 Å². The fourth-order valence-electron chi connectivity index (χ4n) is 1.40. The highest BCUT2D eigenvalue weighted by Gasteiger charge is 2.04. The van der Waals surface area contributed by atoms with Crippen LogP contribution in [0, 0.1) is 0 Å². The van der Waals surface area contributed by atoms with E-state index in [9.17, 15) is 4.79 Å². The molecular formula is C12H14N4O. The molecule has 0 aliphatic carbocycles. The maximum Gasteiger partial charge on any atom is 0.317 e. The van der Waals surface area contributed by atoms with E-state index in [-0.39, 0.29) is 6.03 Å². The smallest absolute Gasteiger partial charge is 0.317 e. The third-order valence-electron chi connectivity index (χ3n) is 2.33. The molecule has 2 amide bonds. The number of urea groups is 1. The van der Waals surface area contributed by atoms with Crippen molar-refractivity contribution in [3.05, 3.63) is 36.2 Å². The SMILES string of the molecule is CN(C)C(=O)NCc1cnc2ccccc2n1. The van der Waals surface area contributed by atoms with E-state index >= 15 is 0 Å². The molecule has 0 saturated heterocycles. The van der Waals surface area contributed by atoms with Crippen molar-refractivity contribution in [2.45, 2.75) is 6.54 Å². The third kappa shape index (κ3) is 2.69. The summed E-state index contributed by atoms with van der Waals surface area (Å²) in [5.74, 6) is 0. The number of carbonyl (C=O) groups excluding carboxylic acids is 1. The third-order valence-corrected chi connectivity index (χ3v) is 2.33. The minimum absolute atomic E-state index is 0.139. The first-order valence-corrected chi connectivity index (χ1v) is 5.32. The first kappa shape index (κ1) is 11.3. The van der Waals surface area contributed by atoms with Gasteiger partial charge in [0.25, 0.3) is 0 Å². The zero-order valence-corrected chi connectivity index (χ0v) is 9.84. The lowest BCUT2D eigenvalue weighted by Gasteiger charge is -2.11. The summed E-state index contributed by atoms with van der Waals surface area (Å²) in [6.07, 6.45) is 1.68. The Balaban J connectivity index is 2.12. The summed E-state index contributed by atoms with van der Waals surface area (Å²) in [5, 5.41) is 2.75. The van der Waals surface area contributed by atoms with Crippen LogP contribution in [-0.2, 0) is 6.54 Å². The molecule has 17 heavy (non-hydrogen) atoms. The number of rotatable bonds is 2. The van der Waals surface area contributed by atoms with Crippen LogP contribution in [0.2, 0.25) is 0 Å². The van der Waals surface area contributed by atoms with Gasteiger partial charge >= 0.3 is 6.03 Å². The van der Waals surface area contributed by atoms with Gasteiger partial charge in [-0.05, 0) is 12.1 Å². The van der Waals surface area contributed by atoms with Gasteiger partial charge in [-0.25, -0.2) is 9.78 Å². The highest BCUT2D eigenvalue weighted by molar-refractivity contribution is 5.74. The van der Waals surface area contributed by atoms with Gasteiger partial charge < -0.3 is 10.2 Å². The summed E-state index contributed by atoms with van der Waals surface area (Å²) >= 11 is 0. The van der Waals surface area contributed by atoms with Gasteiger partial charge in [0, 0.05) is 14.1 Å². The van der Waals surface area contributed by atoms with Crippen LogP contribution in [0.25, 0.3) is 11.0 Å². The number of benzene rings is 1. The lowest BCUT2D eigenvalue weighted by atomic mass is 10.3. The van der Waals surface area contributed by atoms with Gasteiger partial charge in [0.2, 0.25) is 0 Å². The van der Waals surface area contributed by atoms with Gasteiger partial charge in [-0.15, -0.1) is 0 Å². The molecule has 5 nitrogen and oxygen atoms in total. The highest BCUT2D eigenvalue weighted by Crippen LogP contribution is 2.08. The van der Waals surface area contributed by atoms with Crippen LogP contribution in [-0.4, -0.2) is 35.0 Å². The van der Waals surface area contributed by atoms with Gasteiger partial charge in [-0.1, -0.05) is 12.1 Å². The standard InChI is InChI=1S/C12H14N4O/c1-16(2)12(17)14-8-9-7-13-10-5-3-4-6-11(10)15-9/h3-7H,8H2,1-2H3,(H,14,17). The minimum atomic E-state index is -0.139. The predicted molar refractivity (Wildman–Crippen MR) is 65.5 cm³/mol. The van der Waals surface area contributed by atoms with Gasteiger partial charge in [0.15, 0.2) is 0 Å². The number of para-hydroxylation sites is 2. The monoisotopic (exact) mass is 230 g/mol. The Morgan fingerprint density at radius 3 is 2.71 bits per heavy atom. The fraction of sp³-hybridized carbons (Fsp3) is 0.250. The number of fused-ring (bicyclic) bond motifs is 1. The summed E-state index contributed by atoms with van der Waals surface area (Å²) in [6.45, 7) is 0.384. The Kier molecular flexibility index (Phi) is 3.18. The molecule has 0 bridgehead atoms. The van der Waals surface area contributed by atoms with Crippen LogP contribution >= 0.6 is 0 Å². The molecule has 1 aromatic heterocycles. The Morgan fingerprint density at radius 2 is 2.00 bits per heavy atom. The fourth-order valence-corrected chi connectivity index (χ4v) is 1.40. The molecule has 1 heterocycles. The van der Waals surface area contributed by atoms with Crippen molar-refractivity contribution in [2.75, 3.05) is 14.1 Å². The van der Waals surface area contributed by atoms with E-state index in [1.54, 1.807) is 20.3 Å². The van der Waals surface area contributed by atoms with Crippen LogP contribution in [0.15, 0.2) is 30.5 Å². The first-order valence-electron chi connectivity index (χ1n) is 5.32. The molecule has 2 rings (SSSR count). The number of nitrogens with zero attached hydrogens (tertiary/aromatic N) is 3. The van der Waals surface area contributed by atoms with Crippen molar-refractivity contribution < 1.29 is 4.79 Å². The zero-order chi connectivity index (χ0) is 12.3. The Hall–Kier alpha value is -2.17. The Bertz CT molecular complexity index is 539. The van der Waals surface area contributed by atoms with E-state index in [2.05, 4.69) is 15.3 Å². The number of nitrogens with one attached hydrogen (secondary N) is 1. The molecule has 88 valence electrons. The second-order valence-corrected chi connectivity index (χ2v) is 3.90. The molecule has 0 atom stereocenters. The van der Waals surface area contributed by atoms with Crippen molar-refractivity contribution in [1.29, 1.82) is 0 Å². The first-order chi connectivity index (χ1) is 8.16. The predicted octanol–water partition coefficient (Wildman–Crippen LogP) is 1.40. The summed E-state index contributed by atoms with van der Waals surface area (Å²) < 4.78 is 0. The molecule has 0 aliphatic heterocycles. The maximum atomic E-state index is 11.3. The maximum absolute atomic E-state index is 11.3. The second-order valence-electron chi connectivity index (χ2n) is 3.90. The molecule has 0 spiro atoms. The lowest BCUT2D eigenvalue weighted by Crippen LogP contribution is -2.34. The van der Waals surface area contributed by atoms with Crippen molar-refractivity contribution in [1.82, 2.24) is 20.2 Å². The molecule has 5 heteroatoms. The summed E-state index contributed by atoms with van der Waals surface area (Å²) in [5.41, 5.74) is 2.44. The summed E-state index contributed by atoms with van der Waals surface area (Å²) in [6, 6.07) is 7.51. The van der Waals surface area contributed by atoms with E-state index in [0.717, 1.165) is 16.7 Å². The molecule has 0 fully saturated rings. The summed E-state index contributed by atoms with van der Waals surface area (Å²) in [4.78, 5) is 21.5.